The number of nitrogens with zero attached hydrogens (tertiary/aromatic N) is 2. The van der Waals surface area contributed by atoms with Crippen molar-refractivity contribution in [3.05, 3.63) is 36.2 Å². The van der Waals surface area contributed by atoms with Gasteiger partial charge < -0.3 is 14.9 Å². The van der Waals surface area contributed by atoms with Gasteiger partial charge in [-0.25, -0.2) is 4.98 Å². The number of aromatic amines is 1. The Labute approximate surface area is 115 Å². The number of fused-ring (bicyclic) bond motifs is 2. The minimum atomic E-state index is 0.650. The molecule has 0 unspecified atom stereocenters. The second kappa shape index (κ2) is 4.23. The van der Waals surface area contributed by atoms with Crippen LogP contribution in [0.1, 0.15) is 16.9 Å². The first-order valence-corrected chi connectivity index (χ1v) is 6.74. The number of imidazole rings is 1. The average molecular weight is 266 g/mol. The number of aromatic nitrogens is 3. The van der Waals surface area contributed by atoms with Crippen LogP contribution >= 0.6 is 0 Å². The number of aldehydes is 1. The van der Waals surface area contributed by atoms with E-state index in [4.69, 9.17) is 0 Å². The van der Waals surface area contributed by atoms with Crippen LogP contribution in [0, 0.1) is 0 Å². The predicted octanol–water partition coefficient (Wildman–Crippen LogP) is 2.66. The lowest BCUT2D eigenvalue weighted by Crippen LogP contribution is -2.18. The van der Waals surface area contributed by atoms with Gasteiger partial charge >= 0.3 is 0 Å². The van der Waals surface area contributed by atoms with Crippen molar-refractivity contribution in [2.45, 2.75) is 13.0 Å². The molecule has 1 aromatic carbocycles. The molecule has 0 bridgehead atoms. The zero-order valence-electron chi connectivity index (χ0n) is 10.9. The third kappa shape index (κ3) is 1.49. The van der Waals surface area contributed by atoms with Crippen molar-refractivity contribution in [2.24, 2.45) is 0 Å². The second-order valence-corrected chi connectivity index (χ2v) is 4.97. The third-order valence-corrected chi connectivity index (χ3v) is 3.80. The molecule has 0 spiro atoms. The lowest BCUT2D eigenvalue weighted by Gasteiger charge is -2.15. The van der Waals surface area contributed by atoms with Gasteiger partial charge in [0, 0.05) is 35.8 Å². The molecule has 0 atom stereocenters. The van der Waals surface area contributed by atoms with E-state index in [1.807, 2.05) is 35.0 Å². The molecule has 0 fully saturated rings. The van der Waals surface area contributed by atoms with E-state index in [1.54, 1.807) is 0 Å². The molecule has 1 aliphatic rings. The lowest BCUT2D eigenvalue weighted by molar-refractivity contribution is 0.111. The van der Waals surface area contributed by atoms with Crippen molar-refractivity contribution < 1.29 is 4.79 Å². The fourth-order valence-electron chi connectivity index (χ4n) is 2.85. The monoisotopic (exact) mass is 266 g/mol. The van der Waals surface area contributed by atoms with Gasteiger partial charge in [0.05, 0.1) is 0 Å². The SMILES string of the molecule is O=Cc1c(-c2c[nH]c3ccccc23)nc2n1CCCN2. The van der Waals surface area contributed by atoms with Crippen LogP contribution in [-0.2, 0) is 6.54 Å². The molecule has 3 heterocycles. The number of para-hydroxylation sites is 1. The van der Waals surface area contributed by atoms with E-state index in [0.29, 0.717) is 5.69 Å². The molecule has 0 radical (unpaired) electrons. The number of hydrogen-bond acceptors (Lipinski definition) is 3. The van der Waals surface area contributed by atoms with E-state index in [9.17, 15) is 4.79 Å². The Morgan fingerprint density at radius 1 is 1.30 bits per heavy atom. The highest BCUT2D eigenvalue weighted by Crippen LogP contribution is 2.32. The number of nitrogens with one attached hydrogen (secondary N) is 2. The first-order chi connectivity index (χ1) is 9.88. The highest BCUT2D eigenvalue weighted by Gasteiger charge is 2.21. The Balaban J connectivity index is 1.98. The Kier molecular flexibility index (Phi) is 2.39. The molecular weight excluding hydrogens is 252 g/mol. The van der Waals surface area contributed by atoms with Gasteiger partial charge in [-0.05, 0) is 12.5 Å². The molecule has 100 valence electrons. The number of carbonyl (C=O) groups is 1. The van der Waals surface area contributed by atoms with E-state index in [1.165, 1.54) is 0 Å². The average Bonchev–Trinajstić information content (AvgIpc) is 3.07. The van der Waals surface area contributed by atoms with Crippen LogP contribution < -0.4 is 5.32 Å². The highest BCUT2D eigenvalue weighted by molar-refractivity contribution is 5.98. The Bertz CT molecular complexity index is 799. The minimum absolute atomic E-state index is 0.650. The topological polar surface area (TPSA) is 62.7 Å². The quantitative estimate of drug-likeness (QED) is 0.701. The van der Waals surface area contributed by atoms with Crippen molar-refractivity contribution in [1.82, 2.24) is 14.5 Å². The van der Waals surface area contributed by atoms with Gasteiger partial charge in [0.2, 0.25) is 5.95 Å². The summed E-state index contributed by atoms with van der Waals surface area (Å²) in [5.74, 6) is 0.790. The summed E-state index contributed by atoms with van der Waals surface area (Å²) in [5, 5.41) is 4.34. The van der Waals surface area contributed by atoms with Crippen molar-refractivity contribution in [3.8, 4) is 11.3 Å². The maximum Gasteiger partial charge on any atom is 0.203 e. The normalized spacial score (nSPS) is 14.0. The van der Waals surface area contributed by atoms with Gasteiger partial charge in [-0.1, -0.05) is 18.2 Å². The summed E-state index contributed by atoms with van der Waals surface area (Å²) in [6.45, 7) is 1.74. The summed E-state index contributed by atoms with van der Waals surface area (Å²) < 4.78 is 1.97. The molecule has 0 saturated carbocycles. The summed E-state index contributed by atoms with van der Waals surface area (Å²) in [7, 11) is 0. The molecular formula is C15H14N4O. The largest absolute Gasteiger partial charge is 0.360 e. The Morgan fingerprint density at radius 3 is 3.10 bits per heavy atom. The third-order valence-electron chi connectivity index (χ3n) is 3.80. The van der Waals surface area contributed by atoms with Gasteiger partial charge in [-0.15, -0.1) is 0 Å². The highest BCUT2D eigenvalue weighted by atomic mass is 16.1. The maximum absolute atomic E-state index is 11.5. The van der Waals surface area contributed by atoms with Gasteiger partial charge in [0.15, 0.2) is 6.29 Å². The number of H-pyrrole nitrogens is 1. The Hall–Kier alpha value is -2.56. The molecule has 0 amide bonds. The molecule has 0 saturated heterocycles. The number of benzene rings is 1. The summed E-state index contributed by atoms with van der Waals surface area (Å²) in [5.41, 5.74) is 3.43. The van der Waals surface area contributed by atoms with Crippen LogP contribution in [0.2, 0.25) is 0 Å². The molecule has 5 heteroatoms. The summed E-state index contributed by atoms with van der Waals surface area (Å²) in [6, 6.07) is 8.05. The molecule has 2 N–H and O–H groups in total. The van der Waals surface area contributed by atoms with Crippen molar-refractivity contribution >= 4 is 23.1 Å². The van der Waals surface area contributed by atoms with Gasteiger partial charge in [0.25, 0.3) is 0 Å². The van der Waals surface area contributed by atoms with E-state index in [-0.39, 0.29) is 0 Å². The molecule has 0 aliphatic carbocycles. The summed E-state index contributed by atoms with van der Waals surface area (Å²) >= 11 is 0. The zero-order chi connectivity index (χ0) is 13.5. The van der Waals surface area contributed by atoms with Crippen molar-refractivity contribution in [3.63, 3.8) is 0 Å². The second-order valence-electron chi connectivity index (χ2n) is 4.97. The predicted molar refractivity (Wildman–Crippen MR) is 78.0 cm³/mol. The van der Waals surface area contributed by atoms with Crippen LogP contribution in [0.3, 0.4) is 0 Å². The number of carbonyl (C=O) groups excluding carboxylic acids is 1. The fourth-order valence-corrected chi connectivity index (χ4v) is 2.85. The Morgan fingerprint density at radius 2 is 2.20 bits per heavy atom. The smallest absolute Gasteiger partial charge is 0.203 e. The van der Waals surface area contributed by atoms with Gasteiger partial charge in [-0.3, -0.25) is 4.79 Å². The number of rotatable bonds is 2. The first-order valence-electron chi connectivity index (χ1n) is 6.74. The molecule has 4 rings (SSSR count). The van der Waals surface area contributed by atoms with Crippen LogP contribution in [0.15, 0.2) is 30.5 Å². The molecule has 2 aromatic heterocycles. The van der Waals surface area contributed by atoms with E-state index in [2.05, 4.69) is 15.3 Å². The summed E-state index contributed by atoms with van der Waals surface area (Å²) in [4.78, 5) is 19.3. The van der Waals surface area contributed by atoms with Crippen LogP contribution in [0.4, 0.5) is 5.95 Å². The fraction of sp³-hybridized carbons (Fsp3) is 0.200. The molecule has 5 nitrogen and oxygen atoms in total. The first kappa shape index (κ1) is 11.3. The summed E-state index contributed by atoms with van der Waals surface area (Å²) in [6.07, 6.45) is 3.84. The minimum Gasteiger partial charge on any atom is -0.360 e. The molecule has 20 heavy (non-hydrogen) atoms. The zero-order valence-corrected chi connectivity index (χ0v) is 10.9. The molecule has 1 aliphatic heterocycles. The van der Waals surface area contributed by atoms with Crippen LogP contribution in [0.25, 0.3) is 22.2 Å². The van der Waals surface area contributed by atoms with Crippen LogP contribution in [-0.4, -0.2) is 27.4 Å². The molecule has 3 aromatic rings. The van der Waals surface area contributed by atoms with Crippen molar-refractivity contribution in [2.75, 3.05) is 11.9 Å². The maximum atomic E-state index is 11.5. The standard InChI is InChI=1S/C15H14N4O/c20-9-13-14(18-15-16-6-3-7-19(13)15)11-8-17-12-5-2-1-4-10(11)12/h1-2,4-5,8-9,17H,3,6-7H2,(H,16,18). The van der Waals surface area contributed by atoms with Gasteiger partial charge in [-0.2, -0.15) is 0 Å². The van der Waals surface area contributed by atoms with Crippen LogP contribution in [0.5, 0.6) is 0 Å². The lowest BCUT2D eigenvalue weighted by atomic mass is 10.1. The van der Waals surface area contributed by atoms with E-state index < -0.39 is 0 Å². The number of anilines is 1. The van der Waals surface area contributed by atoms with Crippen molar-refractivity contribution in [1.29, 1.82) is 0 Å². The van der Waals surface area contributed by atoms with Gasteiger partial charge in [0.1, 0.15) is 11.4 Å². The number of hydrogen-bond donors (Lipinski definition) is 2. The van der Waals surface area contributed by atoms with E-state index >= 15 is 0 Å². The van der Waals surface area contributed by atoms with E-state index in [0.717, 1.165) is 53.9 Å².